The summed E-state index contributed by atoms with van der Waals surface area (Å²) in [7, 11) is 0. The Kier molecular flexibility index (Phi) is 4.94. The number of aryl methyl sites for hydroxylation is 1. The smallest absolute Gasteiger partial charge is 0.220 e. The molecule has 1 aliphatic rings. The van der Waals surface area contributed by atoms with Gasteiger partial charge in [-0.05, 0) is 31.9 Å². The molecule has 3 heterocycles. The number of hydrogen-bond donors (Lipinski definition) is 0. The van der Waals surface area contributed by atoms with Crippen molar-refractivity contribution in [2.24, 2.45) is 0 Å². The average molecular weight is 328 g/mol. The third-order valence-electron chi connectivity index (χ3n) is 4.73. The number of carbonyl (C=O) groups excluding carboxylic acids is 1. The Hall–Kier alpha value is -2.21. The fraction of sp³-hybridized carbons (Fsp3) is 0.500. The summed E-state index contributed by atoms with van der Waals surface area (Å²) in [5.41, 5.74) is 1.20. The molecule has 1 fully saturated rings. The lowest BCUT2D eigenvalue weighted by Gasteiger charge is -2.29. The van der Waals surface area contributed by atoms with Gasteiger partial charge in [-0.1, -0.05) is 6.07 Å². The summed E-state index contributed by atoms with van der Waals surface area (Å²) in [6, 6.07) is 4.55. The molecular weight excluding hydrogens is 304 g/mol. The molecule has 2 atom stereocenters. The zero-order valence-corrected chi connectivity index (χ0v) is 14.5. The molecule has 0 N–H and O–H groups in total. The molecule has 6 heteroatoms. The third kappa shape index (κ3) is 3.64. The van der Waals surface area contributed by atoms with E-state index in [1.54, 1.807) is 19.3 Å². The van der Waals surface area contributed by atoms with E-state index in [0.717, 1.165) is 25.3 Å². The molecular formula is C18H24N4O2. The van der Waals surface area contributed by atoms with Gasteiger partial charge >= 0.3 is 0 Å². The molecule has 1 aliphatic heterocycles. The quantitative estimate of drug-likeness (QED) is 0.844. The van der Waals surface area contributed by atoms with Gasteiger partial charge in [-0.15, -0.1) is 0 Å². The summed E-state index contributed by atoms with van der Waals surface area (Å²) in [4.78, 5) is 24.8. The van der Waals surface area contributed by atoms with Crippen LogP contribution in [-0.4, -0.2) is 44.8 Å². The van der Waals surface area contributed by atoms with Gasteiger partial charge in [0.1, 0.15) is 5.76 Å². The van der Waals surface area contributed by atoms with Crippen molar-refractivity contribution in [1.29, 1.82) is 0 Å². The maximum absolute atomic E-state index is 12.1. The van der Waals surface area contributed by atoms with Crippen molar-refractivity contribution in [2.75, 3.05) is 13.1 Å². The lowest BCUT2D eigenvalue weighted by Crippen LogP contribution is -2.40. The van der Waals surface area contributed by atoms with Crippen LogP contribution < -0.4 is 0 Å². The molecule has 128 valence electrons. The summed E-state index contributed by atoms with van der Waals surface area (Å²) in [5.74, 6) is 1.43. The van der Waals surface area contributed by atoms with Gasteiger partial charge in [-0.25, -0.2) is 4.98 Å². The van der Waals surface area contributed by atoms with Crippen LogP contribution in [0.5, 0.6) is 0 Å². The van der Waals surface area contributed by atoms with Gasteiger partial charge in [0.2, 0.25) is 11.8 Å². The van der Waals surface area contributed by atoms with E-state index in [-0.39, 0.29) is 11.9 Å². The second-order valence-electron chi connectivity index (χ2n) is 6.41. The lowest BCUT2D eigenvalue weighted by molar-refractivity contribution is -0.132. The van der Waals surface area contributed by atoms with Crippen LogP contribution >= 0.6 is 0 Å². The van der Waals surface area contributed by atoms with Gasteiger partial charge in [0.15, 0.2) is 0 Å². The number of aromatic nitrogens is 2. The molecule has 0 radical (unpaired) electrons. The molecule has 1 saturated heterocycles. The minimum atomic E-state index is 0.0618. The number of likely N-dealkylation sites (tertiary alicyclic amines) is 1. The Morgan fingerprint density at radius 3 is 2.96 bits per heavy atom. The van der Waals surface area contributed by atoms with Crippen molar-refractivity contribution < 1.29 is 9.21 Å². The van der Waals surface area contributed by atoms with E-state index >= 15 is 0 Å². The molecule has 0 aromatic carbocycles. The summed E-state index contributed by atoms with van der Waals surface area (Å²) < 4.78 is 5.54. The number of hydrogen-bond acceptors (Lipinski definition) is 5. The predicted molar refractivity (Wildman–Crippen MR) is 90.1 cm³/mol. The highest BCUT2D eigenvalue weighted by atomic mass is 16.4. The number of nitrogens with zero attached hydrogens (tertiary/aromatic N) is 4. The number of carbonyl (C=O) groups is 1. The average Bonchev–Trinajstić information content (AvgIpc) is 3.21. The van der Waals surface area contributed by atoms with Crippen LogP contribution in [0.15, 0.2) is 35.1 Å². The fourth-order valence-corrected chi connectivity index (χ4v) is 3.33. The lowest BCUT2D eigenvalue weighted by atomic mass is 10.1. The minimum absolute atomic E-state index is 0.0618. The standard InChI is InChI=1S/C18H24N4O2/c1-13-9-20-18(24-13)12-22(15(3)23)17-6-8-21(11-17)14(2)16-5-4-7-19-10-16/h4-5,7,9-10,14,17H,6,8,11-12H2,1-3H3/t14-,17+/m0/s1. The van der Waals surface area contributed by atoms with Gasteiger partial charge in [0.05, 0.1) is 12.7 Å². The first kappa shape index (κ1) is 16.6. The van der Waals surface area contributed by atoms with Crippen LogP contribution in [0.3, 0.4) is 0 Å². The highest BCUT2D eigenvalue weighted by Crippen LogP contribution is 2.27. The maximum Gasteiger partial charge on any atom is 0.220 e. The van der Waals surface area contributed by atoms with Crippen LogP contribution in [-0.2, 0) is 11.3 Å². The van der Waals surface area contributed by atoms with Gasteiger partial charge in [-0.2, -0.15) is 0 Å². The Balaban J connectivity index is 1.67. The van der Waals surface area contributed by atoms with Crippen molar-refractivity contribution in [3.05, 3.63) is 47.9 Å². The molecule has 0 bridgehead atoms. The number of pyridine rings is 1. The molecule has 0 spiro atoms. The van der Waals surface area contributed by atoms with Gasteiger partial charge in [0.25, 0.3) is 0 Å². The van der Waals surface area contributed by atoms with E-state index in [1.807, 2.05) is 24.1 Å². The van der Waals surface area contributed by atoms with Crippen molar-refractivity contribution >= 4 is 5.91 Å². The molecule has 0 aliphatic carbocycles. The molecule has 24 heavy (non-hydrogen) atoms. The van der Waals surface area contributed by atoms with Crippen molar-refractivity contribution in [3.63, 3.8) is 0 Å². The molecule has 1 amide bonds. The molecule has 0 unspecified atom stereocenters. The highest BCUT2D eigenvalue weighted by Gasteiger charge is 2.32. The normalized spacial score (nSPS) is 19.4. The zero-order valence-electron chi connectivity index (χ0n) is 14.5. The zero-order chi connectivity index (χ0) is 17.1. The van der Waals surface area contributed by atoms with Crippen molar-refractivity contribution in [2.45, 2.75) is 45.8 Å². The van der Waals surface area contributed by atoms with E-state index in [2.05, 4.69) is 27.9 Å². The first-order valence-electron chi connectivity index (χ1n) is 8.37. The van der Waals surface area contributed by atoms with E-state index in [1.165, 1.54) is 5.56 Å². The van der Waals surface area contributed by atoms with Gasteiger partial charge in [0, 0.05) is 44.5 Å². The predicted octanol–water partition coefficient (Wildman–Crippen LogP) is 2.56. The topological polar surface area (TPSA) is 62.5 Å². The molecule has 2 aromatic rings. The van der Waals surface area contributed by atoms with Crippen LogP contribution in [0.2, 0.25) is 0 Å². The minimum Gasteiger partial charge on any atom is -0.444 e. The van der Waals surface area contributed by atoms with E-state index in [4.69, 9.17) is 4.42 Å². The summed E-state index contributed by atoms with van der Waals surface area (Å²) in [6.45, 7) is 7.92. The number of rotatable bonds is 5. The van der Waals surface area contributed by atoms with Crippen LogP contribution in [0.1, 0.15) is 43.5 Å². The van der Waals surface area contributed by atoms with Crippen LogP contribution in [0.25, 0.3) is 0 Å². The Morgan fingerprint density at radius 2 is 2.33 bits per heavy atom. The summed E-state index contributed by atoms with van der Waals surface area (Å²) >= 11 is 0. The molecule has 2 aromatic heterocycles. The maximum atomic E-state index is 12.1. The molecule has 0 saturated carbocycles. The van der Waals surface area contributed by atoms with Gasteiger partial charge < -0.3 is 9.32 Å². The molecule has 6 nitrogen and oxygen atoms in total. The van der Waals surface area contributed by atoms with Crippen molar-refractivity contribution in [1.82, 2.24) is 19.8 Å². The Bertz CT molecular complexity index is 685. The van der Waals surface area contributed by atoms with E-state index in [9.17, 15) is 4.79 Å². The van der Waals surface area contributed by atoms with Crippen LogP contribution in [0, 0.1) is 6.92 Å². The first-order chi connectivity index (χ1) is 11.5. The third-order valence-corrected chi connectivity index (χ3v) is 4.73. The van der Waals surface area contributed by atoms with E-state index in [0.29, 0.717) is 18.5 Å². The van der Waals surface area contributed by atoms with Crippen molar-refractivity contribution in [3.8, 4) is 0 Å². The largest absolute Gasteiger partial charge is 0.444 e. The number of oxazole rings is 1. The Morgan fingerprint density at radius 1 is 1.50 bits per heavy atom. The second kappa shape index (κ2) is 7.13. The monoisotopic (exact) mass is 328 g/mol. The summed E-state index contributed by atoms with van der Waals surface area (Å²) in [5, 5.41) is 0. The van der Waals surface area contributed by atoms with Gasteiger partial charge in [-0.3, -0.25) is 14.7 Å². The first-order valence-corrected chi connectivity index (χ1v) is 8.37. The van der Waals surface area contributed by atoms with E-state index < -0.39 is 0 Å². The summed E-state index contributed by atoms with van der Waals surface area (Å²) in [6.07, 6.45) is 6.36. The highest BCUT2D eigenvalue weighted by molar-refractivity contribution is 5.73. The fourth-order valence-electron chi connectivity index (χ4n) is 3.33. The SMILES string of the molecule is CC(=O)N(Cc1ncc(C)o1)[C@@H]1CCN([C@@H](C)c2cccnc2)C1. The number of amides is 1. The molecule has 3 rings (SSSR count). The Labute approximate surface area is 142 Å². The van der Waals surface area contributed by atoms with Crippen LogP contribution in [0.4, 0.5) is 0 Å². The second-order valence-corrected chi connectivity index (χ2v) is 6.41.